The Bertz CT molecular complexity index is 535. The van der Waals surface area contributed by atoms with Crippen molar-refractivity contribution in [2.75, 3.05) is 26.7 Å². The number of sulfonamides is 1. The van der Waals surface area contributed by atoms with Crippen LogP contribution in [0.25, 0.3) is 0 Å². The zero-order valence-corrected chi connectivity index (χ0v) is 14.6. The number of nitrogens with one attached hydrogen (secondary N) is 1. The van der Waals surface area contributed by atoms with Crippen LogP contribution in [0, 0.1) is 19.8 Å². The van der Waals surface area contributed by atoms with Crippen LogP contribution in [0.5, 0.6) is 0 Å². The number of halogens is 1. The molecule has 1 fully saturated rings. The fourth-order valence-electron chi connectivity index (χ4n) is 2.64. The van der Waals surface area contributed by atoms with Gasteiger partial charge in [-0.05, 0) is 57.8 Å². The molecule has 1 aliphatic heterocycles. The minimum absolute atomic E-state index is 0. The third kappa shape index (κ3) is 3.74. The van der Waals surface area contributed by atoms with E-state index < -0.39 is 10.0 Å². The smallest absolute Gasteiger partial charge is 0.252 e. The van der Waals surface area contributed by atoms with Crippen molar-refractivity contribution in [3.63, 3.8) is 0 Å². The summed E-state index contributed by atoms with van der Waals surface area (Å²) in [6, 6.07) is 1.95. The third-order valence-corrected chi connectivity index (χ3v) is 7.30. The number of nitrogens with zero attached hydrogens (tertiary/aromatic N) is 1. The summed E-state index contributed by atoms with van der Waals surface area (Å²) in [6.45, 7) is 6.10. The molecule has 1 saturated heterocycles. The zero-order chi connectivity index (χ0) is 14.0. The molecule has 0 bridgehead atoms. The van der Waals surface area contributed by atoms with Gasteiger partial charge in [0.05, 0.1) is 0 Å². The van der Waals surface area contributed by atoms with E-state index in [1.807, 2.05) is 27.0 Å². The quantitative estimate of drug-likeness (QED) is 0.917. The first kappa shape index (κ1) is 17.9. The Morgan fingerprint density at radius 2 is 1.95 bits per heavy atom. The van der Waals surface area contributed by atoms with E-state index in [2.05, 4.69) is 5.32 Å². The molecule has 1 N–H and O–H groups in total. The fraction of sp³-hybridized carbons (Fsp3) is 0.692. The lowest BCUT2D eigenvalue weighted by molar-refractivity contribution is 0.271. The van der Waals surface area contributed by atoms with Gasteiger partial charge in [-0.25, -0.2) is 8.42 Å². The molecule has 1 aromatic heterocycles. The summed E-state index contributed by atoms with van der Waals surface area (Å²) >= 11 is 1.38. The molecule has 2 heterocycles. The molecule has 0 spiro atoms. The van der Waals surface area contributed by atoms with Gasteiger partial charge in [-0.3, -0.25) is 0 Å². The summed E-state index contributed by atoms with van der Waals surface area (Å²) in [5.74, 6) is 0.600. The number of thiophene rings is 1. The second kappa shape index (κ2) is 7.22. The normalized spacial score (nSPS) is 17.9. The van der Waals surface area contributed by atoms with Crippen molar-refractivity contribution < 1.29 is 8.42 Å². The van der Waals surface area contributed by atoms with Gasteiger partial charge in [0.1, 0.15) is 4.21 Å². The summed E-state index contributed by atoms with van der Waals surface area (Å²) in [5.41, 5.74) is 0.875. The van der Waals surface area contributed by atoms with E-state index in [0.717, 1.165) is 29.8 Å². The lowest BCUT2D eigenvalue weighted by atomic mass is 9.98. The fourth-order valence-corrected chi connectivity index (χ4v) is 5.91. The lowest BCUT2D eigenvalue weighted by Crippen LogP contribution is -2.40. The van der Waals surface area contributed by atoms with Gasteiger partial charge in [-0.15, -0.1) is 23.7 Å². The number of aryl methyl sites for hydroxylation is 2. The molecule has 4 nitrogen and oxygen atoms in total. The van der Waals surface area contributed by atoms with Gasteiger partial charge in [-0.2, -0.15) is 4.31 Å². The Labute approximate surface area is 132 Å². The average Bonchev–Trinajstić information content (AvgIpc) is 2.70. The van der Waals surface area contributed by atoms with Gasteiger partial charge in [0.25, 0.3) is 10.0 Å². The molecule has 0 atom stereocenters. The van der Waals surface area contributed by atoms with Crippen molar-refractivity contribution in [3.8, 4) is 0 Å². The van der Waals surface area contributed by atoms with Crippen LogP contribution in [0.15, 0.2) is 10.3 Å². The van der Waals surface area contributed by atoms with E-state index in [4.69, 9.17) is 0 Å². The molecule has 7 heteroatoms. The first-order valence-corrected chi connectivity index (χ1v) is 8.92. The molecular weight excluding hydrogens is 316 g/mol. The monoisotopic (exact) mass is 338 g/mol. The van der Waals surface area contributed by atoms with E-state index in [9.17, 15) is 8.42 Å². The minimum Gasteiger partial charge on any atom is -0.319 e. The molecule has 2 rings (SSSR count). The van der Waals surface area contributed by atoms with Gasteiger partial charge in [0.15, 0.2) is 0 Å². The van der Waals surface area contributed by atoms with E-state index in [1.165, 1.54) is 11.3 Å². The molecule has 0 unspecified atom stereocenters. The van der Waals surface area contributed by atoms with Crippen molar-refractivity contribution in [1.29, 1.82) is 0 Å². The van der Waals surface area contributed by atoms with Gasteiger partial charge in [0.2, 0.25) is 0 Å². The lowest BCUT2D eigenvalue weighted by Gasteiger charge is -2.30. The van der Waals surface area contributed by atoms with Gasteiger partial charge >= 0.3 is 0 Å². The largest absolute Gasteiger partial charge is 0.319 e. The Balaban J connectivity index is 0.00000200. The van der Waals surface area contributed by atoms with Crippen LogP contribution < -0.4 is 5.32 Å². The topological polar surface area (TPSA) is 49.4 Å². The maximum Gasteiger partial charge on any atom is 0.252 e. The van der Waals surface area contributed by atoms with Gasteiger partial charge in [0, 0.05) is 18.0 Å². The Hall–Kier alpha value is -0.140. The summed E-state index contributed by atoms with van der Waals surface area (Å²) in [5, 5.41) is 3.17. The first-order chi connectivity index (χ1) is 8.95. The number of rotatable bonds is 4. The Morgan fingerprint density at radius 3 is 2.40 bits per heavy atom. The molecule has 0 radical (unpaired) electrons. The highest BCUT2D eigenvalue weighted by Crippen LogP contribution is 2.31. The Kier molecular flexibility index (Phi) is 6.47. The molecule has 0 amide bonds. The van der Waals surface area contributed by atoms with Gasteiger partial charge in [-0.1, -0.05) is 0 Å². The van der Waals surface area contributed by atoms with E-state index in [-0.39, 0.29) is 12.4 Å². The van der Waals surface area contributed by atoms with Crippen molar-refractivity contribution in [1.82, 2.24) is 9.62 Å². The molecular formula is C13H23ClN2O2S2. The van der Waals surface area contributed by atoms with Crippen LogP contribution in [0.1, 0.15) is 23.3 Å². The average molecular weight is 339 g/mol. The minimum atomic E-state index is -3.28. The SMILES string of the molecule is CNCC1CCN(S(=O)(=O)c2sc(C)cc2C)CC1.Cl. The Morgan fingerprint density at radius 1 is 1.35 bits per heavy atom. The van der Waals surface area contributed by atoms with E-state index in [1.54, 1.807) is 4.31 Å². The van der Waals surface area contributed by atoms with Crippen LogP contribution in [0.4, 0.5) is 0 Å². The first-order valence-electron chi connectivity index (χ1n) is 6.67. The predicted molar refractivity (Wildman–Crippen MR) is 86.5 cm³/mol. The summed E-state index contributed by atoms with van der Waals surface area (Å²) in [6.07, 6.45) is 1.90. The second-order valence-electron chi connectivity index (χ2n) is 5.23. The highest BCUT2D eigenvalue weighted by atomic mass is 35.5. The van der Waals surface area contributed by atoms with Crippen molar-refractivity contribution in [2.45, 2.75) is 30.9 Å². The van der Waals surface area contributed by atoms with E-state index in [0.29, 0.717) is 23.2 Å². The molecule has 20 heavy (non-hydrogen) atoms. The van der Waals surface area contributed by atoms with Crippen LogP contribution >= 0.6 is 23.7 Å². The van der Waals surface area contributed by atoms with Crippen molar-refractivity contribution >= 4 is 33.8 Å². The van der Waals surface area contributed by atoms with Crippen LogP contribution in [-0.4, -0.2) is 39.4 Å². The molecule has 0 aromatic carbocycles. The molecule has 1 aromatic rings. The van der Waals surface area contributed by atoms with Gasteiger partial charge < -0.3 is 5.32 Å². The molecule has 1 aliphatic rings. The van der Waals surface area contributed by atoms with Crippen LogP contribution in [0.3, 0.4) is 0 Å². The number of piperidine rings is 1. The molecule has 0 saturated carbocycles. The standard InChI is InChI=1S/C13H22N2O2S2.ClH/c1-10-8-11(2)18-13(10)19(16,17)15-6-4-12(5-7-15)9-14-3;/h8,12,14H,4-7,9H2,1-3H3;1H. The van der Waals surface area contributed by atoms with Crippen LogP contribution in [-0.2, 0) is 10.0 Å². The molecule has 0 aliphatic carbocycles. The second-order valence-corrected chi connectivity index (χ2v) is 8.62. The summed E-state index contributed by atoms with van der Waals surface area (Å²) < 4.78 is 27.4. The number of hydrogen-bond acceptors (Lipinski definition) is 4. The highest BCUT2D eigenvalue weighted by molar-refractivity contribution is 7.91. The van der Waals surface area contributed by atoms with Crippen molar-refractivity contribution in [2.24, 2.45) is 5.92 Å². The highest BCUT2D eigenvalue weighted by Gasteiger charge is 2.31. The predicted octanol–water partition coefficient (Wildman–Crippen LogP) is 2.41. The van der Waals surface area contributed by atoms with Crippen molar-refractivity contribution in [3.05, 3.63) is 16.5 Å². The zero-order valence-electron chi connectivity index (χ0n) is 12.2. The third-order valence-electron chi connectivity index (χ3n) is 3.64. The summed E-state index contributed by atoms with van der Waals surface area (Å²) in [4.78, 5) is 1.06. The number of hydrogen-bond donors (Lipinski definition) is 1. The maximum absolute atomic E-state index is 12.6. The maximum atomic E-state index is 12.6. The van der Waals surface area contributed by atoms with Crippen LogP contribution in [0.2, 0.25) is 0 Å². The molecule has 116 valence electrons. The summed E-state index contributed by atoms with van der Waals surface area (Å²) in [7, 11) is -1.33. The van der Waals surface area contributed by atoms with E-state index >= 15 is 0 Å².